The van der Waals surface area contributed by atoms with E-state index in [4.69, 9.17) is 5.26 Å². The maximum Gasteiger partial charge on any atom is 0.223 e. The van der Waals surface area contributed by atoms with Gasteiger partial charge in [-0.2, -0.15) is 5.26 Å². The van der Waals surface area contributed by atoms with Gasteiger partial charge in [0, 0.05) is 25.4 Å². The van der Waals surface area contributed by atoms with E-state index in [1.54, 1.807) is 0 Å². The zero-order valence-corrected chi connectivity index (χ0v) is 12.2. The van der Waals surface area contributed by atoms with E-state index in [9.17, 15) is 4.79 Å². The first-order valence-corrected chi connectivity index (χ1v) is 7.65. The number of rotatable bonds is 8. The van der Waals surface area contributed by atoms with E-state index < -0.39 is 0 Å². The number of amides is 1. The van der Waals surface area contributed by atoms with Gasteiger partial charge in [0.1, 0.15) is 0 Å². The van der Waals surface area contributed by atoms with Crippen LogP contribution in [0.4, 0.5) is 0 Å². The Kier molecular flexibility index (Phi) is 8.24. The molecule has 1 aliphatic rings. The summed E-state index contributed by atoms with van der Waals surface area (Å²) in [6.07, 6.45) is 7.26. The van der Waals surface area contributed by atoms with Gasteiger partial charge in [-0.15, -0.1) is 0 Å². The molecule has 0 bridgehead atoms. The number of nitrogens with zero attached hydrogens (tertiary/aromatic N) is 2. The summed E-state index contributed by atoms with van der Waals surface area (Å²) < 4.78 is 0. The minimum atomic E-state index is 0.185. The average molecular weight is 265 g/mol. The van der Waals surface area contributed by atoms with Crippen LogP contribution in [-0.4, -0.2) is 37.0 Å². The minimum absolute atomic E-state index is 0.185. The highest BCUT2D eigenvalue weighted by Crippen LogP contribution is 2.17. The molecule has 1 saturated heterocycles. The summed E-state index contributed by atoms with van der Waals surface area (Å²) in [6.45, 7) is 5.78. The predicted octanol–water partition coefficient (Wildman–Crippen LogP) is 2.31. The van der Waals surface area contributed by atoms with Crippen LogP contribution in [0.3, 0.4) is 0 Å². The first kappa shape index (κ1) is 16.0. The number of hydrogen-bond acceptors (Lipinski definition) is 3. The Hall–Kier alpha value is -1.08. The van der Waals surface area contributed by atoms with Crippen molar-refractivity contribution in [2.75, 3.05) is 26.2 Å². The van der Waals surface area contributed by atoms with Crippen LogP contribution < -0.4 is 5.32 Å². The SMILES string of the molecule is CCCCCCNC(=O)C1CCN(CCC#N)CC1. The molecular weight excluding hydrogens is 238 g/mol. The molecule has 1 rings (SSSR count). The zero-order chi connectivity index (χ0) is 13.9. The van der Waals surface area contributed by atoms with Gasteiger partial charge in [0.05, 0.1) is 6.07 Å². The Morgan fingerprint density at radius 1 is 1.32 bits per heavy atom. The molecule has 0 atom stereocenters. The maximum absolute atomic E-state index is 12.0. The topological polar surface area (TPSA) is 56.1 Å². The highest BCUT2D eigenvalue weighted by atomic mass is 16.1. The lowest BCUT2D eigenvalue weighted by molar-refractivity contribution is -0.126. The molecular formula is C15H27N3O. The van der Waals surface area contributed by atoms with Crippen molar-refractivity contribution >= 4 is 5.91 Å². The number of likely N-dealkylation sites (tertiary alicyclic amines) is 1. The number of nitrogens with one attached hydrogen (secondary N) is 1. The number of piperidine rings is 1. The molecule has 4 heteroatoms. The van der Waals surface area contributed by atoms with Gasteiger partial charge in [-0.1, -0.05) is 26.2 Å². The van der Waals surface area contributed by atoms with Crippen LogP contribution >= 0.6 is 0 Å². The lowest BCUT2D eigenvalue weighted by Gasteiger charge is -2.30. The van der Waals surface area contributed by atoms with Gasteiger partial charge in [0.2, 0.25) is 5.91 Å². The number of carbonyl (C=O) groups is 1. The summed E-state index contributed by atoms with van der Waals surface area (Å²) in [7, 11) is 0. The Morgan fingerprint density at radius 3 is 2.68 bits per heavy atom. The Bertz CT molecular complexity index is 290. The first-order valence-electron chi connectivity index (χ1n) is 7.65. The predicted molar refractivity (Wildman–Crippen MR) is 76.5 cm³/mol. The summed E-state index contributed by atoms with van der Waals surface area (Å²) in [6, 6.07) is 2.17. The van der Waals surface area contributed by atoms with E-state index in [1.807, 2.05) is 0 Å². The molecule has 0 aromatic heterocycles. The van der Waals surface area contributed by atoms with Crippen LogP contribution in [-0.2, 0) is 4.79 Å². The third-order valence-corrected chi connectivity index (χ3v) is 3.83. The van der Waals surface area contributed by atoms with Crippen LogP contribution in [0.1, 0.15) is 51.9 Å². The second-order valence-electron chi connectivity index (χ2n) is 5.38. The van der Waals surface area contributed by atoms with E-state index >= 15 is 0 Å². The lowest BCUT2D eigenvalue weighted by atomic mass is 9.96. The van der Waals surface area contributed by atoms with Gasteiger partial charge < -0.3 is 10.2 Å². The van der Waals surface area contributed by atoms with Crippen molar-refractivity contribution in [2.24, 2.45) is 5.92 Å². The Balaban J connectivity index is 2.09. The molecule has 1 N–H and O–H groups in total. The normalized spacial score (nSPS) is 17.1. The maximum atomic E-state index is 12.0. The standard InChI is InChI=1S/C15H27N3O/c1-2-3-4-5-10-17-15(19)14-7-12-18(13-8-14)11-6-9-16/h14H,2-8,10-13H2,1H3,(H,17,19). The molecule has 1 amide bonds. The molecule has 1 aliphatic heterocycles. The van der Waals surface area contributed by atoms with Crippen LogP contribution in [0.25, 0.3) is 0 Å². The van der Waals surface area contributed by atoms with Crippen LogP contribution in [0.2, 0.25) is 0 Å². The molecule has 1 heterocycles. The van der Waals surface area contributed by atoms with Crippen LogP contribution in [0.5, 0.6) is 0 Å². The van der Waals surface area contributed by atoms with Crippen molar-refractivity contribution in [3.05, 3.63) is 0 Å². The first-order chi connectivity index (χ1) is 9.27. The largest absolute Gasteiger partial charge is 0.356 e. The quantitative estimate of drug-likeness (QED) is 0.685. The van der Waals surface area contributed by atoms with E-state index in [0.29, 0.717) is 6.42 Å². The van der Waals surface area contributed by atoms with Crippen LogP contribution in [0.15, 0.2) is 0 Å². The monoisotopic (exact) mass is 265 g/mol. The van der Waals surface area contributed by atoms with Crippen molar-refractivity contribution in [1.29, 1.82) is 5.26 Å². The second-order valence-corrected chi connectivity index (χ2v) is 5.38. The zero-order valence-electron chi connectivity index (χ0n) is 12.2. The molecule has 1 fully saturated rings. The third-order valence-electron chi connectivity index (χ3n) is 3.83. The van der Waals surface area contributed by atoms with Crippen molar-refractivity contribution in [2.45, 2.75) is 51.9 Å². The summed E-state index contributed by atoms with van der Waals surface area (Å²) in [5, 5.41) is 11.6. The van der Waals surface area contributed by atoms with Crippen molar-refractivity contribution in [3.8, 4) is 6.07 Å². The van der Waals surface area contributed by atoms with Gasteiger partial charge in [0.25, 0.3) is 0 Å². The fraction of sp³-hybridized carbons (Fsp3) is 0.867. The fourth-order valence-corrected chi connectivity index (χ4v) is 2.53. The number of nitriles is 1. The van der Waals surface area contributed by atoms with Gasteiger partial charge in [-0.25, -0.2) is 0 Å². The summed E-state index contributed by atoms with van der Waals surface area (Å²) in [4.78, 5) is 14.3. The third kappa shape index (κ3) is 6.58. The molecule has 108 valence electrons. The van der Waals surface area contributed by atoms with E-state index in [2.05, 4.69) is 23.2 Å². The van der Waals surface area contributed by atoms with Crippen molar-refractivity contribution in [1.82, 2.24) is 10.2 Å². The number of unbranched alkanes of at least 4 members (excludes halogenated alkanes) is 3. The van der Waals surface area contributed by atoms with Gasteiger partial charge >= 0.3 is 0 Å². The molecule has 0 saturated carbocycles. The smallest absolute Gasteiger partial charge is 0.223 e. The average Bonchev–Trinajstić information content (AvgIpc) is 2.45. The van der Waals surface area contributed by atoms with Crippen LogP contribution in [0, 0.1) is 17.2 Å². The molecule has 0 aromatic rings. The molecule has 0 unspecified atom stereocenters. The van der Waals surface area contributed by atoms with E-state index in [0.717, 1.165) is 45.4 Å². The summed E-state index contributed by atoms with van der Waals surface area (Å²) >= 11 is 0. The fourth-order valence-electron chi connectivity index (χ4n) is 2.53. The minimum Gasteiger partial charge on any atom is -0.356 e. The molecule has 0 aromatic carbocycles. The lowest BCUT2D eigenvalue weighted by Crippen LogP contribution is -2.41. The molecule has 0 radical (unpaired) electrons. The van der Waals surface area contributed by atoms with E-state index in [1.165, 1.54) is 19.3 Å². The van der Waals surface area contributed by atoms with Gasteiger partial charge in [-0.05, 0) is 32.4 Å². The molecule has 4 nitrogen and oxygen atoms in total. The second kappa shape index (κ2) is 9.80. The molecule has 19 heavy (non-hydrogen) atoms. The molecule has 0 spiro atoms. The Labute approximate surface area is 117 Å². The van der Waals surface area contributed by atoms with Crippen molar-refractivity contribution < 1.29 is 4.79 Å². The van der Waals surface area contributed by atoms with Crippen molar-refractivity contribution in [3.63, 3.8) is 0 Å². The summed E-state index contributed by atoms with van der Waals surface area (Å²) in [5.74, 6) is 0.418. The highest BCUT2D eigenvalue weighted by Gasteiger charge is 2.24. The molecule has 0 aliphatic carbocycles. The number of carbonyl (C=O) groups excluding carboxylic acids is 1. The highest BCUT2D eigenvalue weighted by molar-refractivity contribution is 5.78. The van der Waals surface area contributed by atoms with E-state index in [-0.39, 0.29) is 11.8 Å². The van der Waals surface area contributed by atoms with Gasteiger partial charge in [-0.3, -0.25) is 4.79 Å². The summed E-state index contributed by atoms with van der Waals surface area (Å²) in [5.41, 5.74) is 0. The Morgan fingerprint density at radius 2 is 2.05 bits per heavy atom. The van der Waals surface area contributed by atoms with Gasteiger partial charge in [0.15, 0.2) is 0 Å². The number of hydrogen-bond donors (Lipinski definition) is 1.